The van der Waals surface area contributed by atoms with E-state index in [1.54, 1.807) is 0 Å². The molecule has 0 amide bonds. The maximum absolute atomic E-state index is 9.50. The molecule has 1 atom stereocenters. The first kappa shape index (κ1) is 11.6. The topological polar surface area (TPSA) is 32.3 Å². The van der Waals surface area contributed by atoms with Crippen molar-refractivity contribution in [3.63, 3.8) is 0 Å². The third-order valence-electron chi connectivity index (χ3n) is 3.97. The summed E-state index contributed by atoms with van der Waals surface area (Å²) in [5, 5.41) is 12.9. The van der Waals surface area contributed by atoms with Crippen molar-refractivity contribution in [3.05, 3.63) is 34.9 Å². The number of rotatable bonds is 4. The number of hydrogen-bond acceptors (Lipinski definition) is 2. The third-order valence-corrected chi connectivity index (χ3v) is 3.97. The van der Waals surface area contributed by atoms with Crippen molar-refractivity contribution < 1.29 is 5.11 Å². The smallest absolute Gasteiger partial charge is 0.0505 e. The van der Waals surface area contributed by atoms with Crippen molar-refractivity contribution in [1.82, 2.24) is 5.32 Å². The summed E-state index contributed by atoms with van der Waals surface area (Å²) in [5.74, 6) is 0. The highest BCUT2D eigenvalue weighted by Crippen LogP contribution is 2.54. The summed E-state index contributed by atoms with van der Waals surface area (Å²) in [4.78, 5) is 0. The summed E-state index contributed by atoms with van der Waals surface area (Å²) in [7, 11) is 1.98. The Morgan fingerprint density at radius 2 is 2.00 bits per heavy atom. The van der Waals surface area contributed by atoms with Gasteiger partial charge in [-0.05, 0) is 50.4 Å². The molecule has 1 aliphatic rings. The van der Waals surface area contributed by atoms with Gasteiger partial charge in [0.05, 0.1) is 6.61 Å². The van der Waals surface area contributed by atoms with Crippen LogP contribution in [0.4, 0.5) is 0 Å². The molecule has 1 fully saturated rings. The van der Waals surface area contributed by atoms with Crippen molar-refractivity contribution in [1.29, 1.82) is 0 Å². The van der Waals surface area contributed by atoms with Crippen LogP contribution in [-0.4, -0.2) is 18.8 Å². The number of aliphatic hydroxyl groups excluding tert-OH is 1. The van der Waals surface area contributed by atoms with Crippen LogP contribution in [0.15, 0.2) is 18.2 Å². The van der Waals surface area contributed by atoms with Crippen LogP contribution in [0.1, 0.15) is 35.6 Å². The van der Waals surface area contributed by atoms with Gasteiger partial charge >= 0.3 is 0 Å². The van der Waals surface area contributed by atoms with Gasteiger partial charge in [0, 0.05) is 11.5 Å². The largest absolute Gasteiger partial charge is 0.396 e. The Balaban J connectivity index is 2.30. The molecule has 2 heteroatoms. The third kappa shape index (κ3) is 1.87. The highest BCUT2D eigenvalue weighted by molar-refractivity contribution is 5.33. The lowest BCUT2D eigenvalue weighted by atomic mass is 9.89. The van der Waals surface area contributed by atoms with Crippen LogP contribution in [0.5, 0.6) is 0 Å². The van der Waals surface area contributed by atoms with E-state index in [1.807, 2.05) is 7.05 Å². The van der Waals surface area contributed by atoms with Crippen molar-refractivity contribution in [2.75, 3.05) is 13.7 Å². The minimum Gasteiger partial charge on any atom is -0.396 e. The second-order valence-electron chi connectivity index (χ2n) is 5.09. The van der Waals surface area contributed by atoms with E-state index in [0.29, 0.717) is 0 Å². The SMILES string of the molecule is CNC(c1ccc(C)c(C)c1)C1(CO)CC1. The van der Waals surface area contributed by atoms with Gasteiger partial charge in [0.15, 0.2) is 0 Å². The number of aryl methyl sites for hydroxylation is 2. The predicted octanol–water partition coefficient (Wildman–Crippen LogP) is 2.34. The fourth-order valence-electron chi connectivity index (χ4n) is 2.47. The van der Waals surface area contributed by atoms with E-state index in [4.69, 9.17) is 0 Å². The summed E-state index contributed by atoms with van der Waals surface area (Å²) in [5.41, 5.74) is 4.05. The lowest BCUT2D eigenvalue weighted by Crippen LogP contribution is -2.29. The summed E-state index contributed by atoms with van der Waals surface area (Å²) < 4.78 is 0. The van der Waals surface area contributed by atoms with Gasteiger partial charge in [0.25, 0.3) is 0 Å². The van der Waals surface area contributed by atoms with Crippen LogP contribution in [0.2, 0.25) is 0 Å². The Labute approximate surface area is 97.7 Å². The average molecular weight is 219 g/mol. The second kappa shape index (κ2) is 4.19. The van der Waals surface area contributed by atoms with Crippen LogP contribution in [0.25, 0.3) is 0 Å². The molecular formula is C14H21NO. The van der Waals surface area contributed by atoms with Crippen molar-refractivity contribution >= 4 is 0 Å². The zero-order valence-corrected chi connectivity index (χ0v) is 10.4. The molecule has 1 unspecified atom stereocenters. The molecule has 0 heterocycles. The fourth-order valence-corrected chi connectivity index (χ4v) is 2.47. The van der Waals surface area contributed by atoms with E-state index in [1.165, 1.54) is 16.7 Å². The Kier molecular flexibility index (Phi) is 3.04. The number of benzene rings is 1. The van der Waals surface area contributed by atoms with Gasteiger partial charge in [-0.2, -0.15) is 0 Å². The average Bonchev–Trinajstić information content (AvgIpc) is 3.05. The maximum atomic E-state index is 9.50. The quantitative estimate of drug-likeness (QED) is 0.814. The Morgan fingerprint density at radius 3 is 2.44 bits per heavy atom. The molecule has 1 aliphatic carbocycles. The maximum Gasteiger partial charge on any atom is 0.0505 e. The molecule has 2 N–H and O–H groups in total. The molecule has 16 heavy (non-hydrogen) atoms. The molecule has 0 saturated heterocycles. The van der Waals surface area contributed by atoms with Gasteiger partial charge in [-0.25, -0.2) is 0 Å². The monoisotopic (exact) mass is 219 g/mol. The van der Waals surface area contributed by atoms with Gasteiger partial charge < -0.3 is 10.4 Å². The summed E-state index contributed by atoms with van der Waals surface area (Å²) >= 11 is 0. The molecule has 2 nitrogen and oxygen atoms in total. The second-order valence-corrected chi connectivity index (χ2v) is 5.09. The number of nitrogens with one attached hydrogen (secondary N) is 1. The van der Waals surface area contributed by atoms with Gasteiger partial charge in [0.2, 0.25) is 0 Å². The van der Waals surface area contributed by atoms with Gasteiger partial charge in [-0.3, -0.25) is 0 Å². The molecule has 1 aromatic carbocycles. The van der Waals surface area contributed by atoms with Gasteiger partial charge in [0.1, 0.15) is 0 Å². The molecule has 1 saturated carbocycles. The van der Waals surface area contributed by atoms with E-state index in [-0.39, 0.29) is 18.1 Å². The summed E-state index contributed by atoms with van der Waals surface area (Å²) in [6.07, 6.45) is 2.25. The van der Waals surface area contributed by atoms with Crippen LogP contribution >= 0.6 is 0 Å². The first-order valence-corrected chi connectivity index (χ1v) is 5.98. The van der Waals surface area contributed by atoms with Crippen molar-refractivity contribution in [3.8, 4) is 0 Å². The fraction of sp³-hybridized carbons (Fsp3) is 0.571. The van der Waals surface area contributed by atoms with Gasteiger partial charge in [-0.15, -0.1) is 0 Å². The van der Waals surface area contributed by atoms with E-state index in [9.17, 15) is 5.11 Å². The molecule has 2 rings (SSSR count). The molecule has 0 aromatic heterocycles. The summed E-state index contributed by atoms with van der Waals surface area (Å²) in [6, 6.07) is 6.88. The highest BCUT2D eigenvalue weighted by Gasteiger charge is 2.48. The number of aliphatic hydroxyl groups is 1. The molecule has 88 valence electrons. The van der Waals surface area contributed by atoms with Crippen molar-refractivity contribution in [2.45, 2.75) is 32.7 Å². The van der Waals surface area contributed by atoms with Crippen LogP contribution in [-0.2, 0) is 0 Å². The molecular weight excluding hydrogens is 198 g/mol. The zero-order valence-electron chi connectivity index (χ0n) is 10.4. The molecule has 0 radical (unpaired) electrons. The first-order chi connectivity index (χ1) is 7.63. The van der Waals surface area contributed by atoms with Crippen LogP contribution < -0.4 is 5.32 Å². The lowest BCUT2D eigenvalue weighted by molar-refractivity contribution is 0.175. The van der Waals surface area contributed by atoms with E-state index in [2.05, 4.69) is 37.4 Å². The normalized spacial score (nSPS) is 19.5. The van der Waals surface area contributed by atoms with E-state index in [0.717, 1.165) is 12.8 Å². The highest BCUT2D eigenvalue weighted by atomic mass is 16.3. The standard InChI is InChI=1S/C14H21NO/c1-10-4-5-12(8-11(10)2)13(15-3)14(9-16)6-7-14/h4-5,8,13,15-16H,6-7,9H2,1-3H3. The van der Waals surface area contributed by atoms with Crippen molar-refractivity contribution in [2.24, 2.45) is 5.41 Å². The number of hydrogen-bond donors (Lipinski definition) is 2. The first-order valence-electron chi connectivity index (χ1n) is 5.98. The van der Waals surface area contributed by atoms with E-state index >= 15 is 0 Å². The van der Waals surface area contributed by atoms with Crippen LogP contribution in [0, 0.1) is 19.3 Å². The molecule has 1 aromatic rings. The Hall–Kier alpha value is -0.860. The summed E-state index contributed by atoms with van der Waals surface area (Å²) in [6.45, 7) is 4.56. The lowest BCUT2D eigenvalue weighted by Gasteiger charge is -2.26. The minimum atomic E-state index is 0.0937. The molecule has 0 bridgehead atoms. The Bertz CT molecular complexity index is 382. The predicted molar refractivity (Wildman–Crippen MR) is 66.5 cm³/mol. The van der Waals surface area contributed by atoms with Crippen LogP contribution in [0.3, 0.4) is 0 Å². The molecule has 0 spiro atoms. The van der Waals surface area contributed by atoms with E-state index < -0.39 is 0 Å². The van der Waals surface area contributed by atoms with Gasteiger partial charge in [-0.1, -0.05) is 18.2 Å². The minimum absolute atomic E-state index is 0.0937. The molecule has 0 aliphatic heterocycles. The zero-order chi connectivity index (χ0) is 11.8. The Morgan fingerprint density at radius 1 is 1.31 bits per heavy atom.